The molecule has 30 heavy (non-hydrogen) atoms. The van der Waals surface area contributed by atoms with E-state index >= 15 is 0 Å². The van der Waals surface area contributed by atoms with Crippen molar-refractivity contribution in [1.29, 1.82) is 5.26 Å². The minimum atomic E-state index is -0.371. The first kappa shape index (κ1) is 19.2. The smallest absolute Gasteiger partial charge is 0.214 e. The monoisotopic (exact) mass is 397 g/mol. The molecule has 6 heteroatoms. The van der Waals surface area contributed by atoms with E-state index in [0.717, 1.165) is 27.6 Å². The molecule has 0 aliphatic heterocycles. The Bertz CT molecular complexity index is 1220. The van der Waals surface area contributed by atoms with Gasteiger partial charge in [0.2, 0.25) is 6.54 Å². The van der Waals surface area contributed by atoms with Crippen LogP contribution in [-0.4, -0.2) is 16.5 Å². The van der Waals surface area contributed by atoms with Crippen molar-refractivity contribution in [1.82, 2.24) is 4.98 Å². The molecule has 0 fully saturated rings. The molecule has 0 spiro atoms. The quantitative estimate of drug-likeness (QED) is 0.350. The highest BCUT2D eigenvalue weighted by atomic mass is 16.6. The van der Waals surface area contributed by atoms with Crippen molar-refractivity contribution in [3.8, 4) is 11.8 Å². The molecule has 0 saturated heterocycles. The Balaban J connectivity index is 1.57. The number of hydrogen-bond donors (Lipinski definition) is 1. The van der Waals surface area contributed by atoms with Crippen molar-refractivity contribution in [2.75, 3.05) is 6.54 Å². The fourth-order valence-corrected chi connectivity index (χ4v) is 3.63. The van der Waals surface area contributed by atoms with Crippen LogP contribution in [0.4, 0.5) is 0 Å². The standard InChI is InChI=1S/C24H19N3O3/c25-13-18-5-1-2-6-19(18)16-30-20-11-9-17(10-12-20)23(15-27(28)29)22-14-26-24-8-4-3-7-21(22)24/h1-12,14,23,26H,15-16H2/t23-/m0/s1. The van der Waals surface area contributed by atoms with Crippen molar-refractivity contribution in [3.05, 3.63) is 111 Å². The highest BCUT2D eigenvalue weighted by Gasteiger charge is 2.23. The zero-order valence-corrected chi connectivity index (χ0v) is 16.1. The molecule has 1 aromatic heterocycles. The van der Waals surface area contributed by atoms with Crippen molar-refractivity contribution in [2.24, 2.45) is 0 Å². The molecular weight excluding hydrogens is 378 g/mol. The van der Waals surface area contributed by atoms with E-state index in [1.54, 1.807) is 6.07 Å². The molecule has 0 unspecified atom stereocenters. The van der Waals surface area contributed by atoms with Crippen LogP contribution in [-0.2, 0) is 6.61 Å². The number of rotatable bonds is 7. The second-order valence-electron chi connectivity index (χ2n) is 6.98. The number of ether oxygens (including phenoxy) is 1. The van der Waals surface area contributed by atoms with Gasteiger partial charge in [-0.05, 0) is 35.4 Å². The lowest BCUT2D eigenvalue weighted by molar-refractivity contribution is -0.481. The number of aromatic amines is 1. The van der Waals surface area contributed by atoms with E-state index in [4.69, 9.17) is 4.74 Å². The molecule has 0 amide bonds. The summed E-state index contributed by atoms with van der Waals surface area (Å²) in [6.45, 7) is 0.0848. The lowest BCUT2D eigenvalue weighted by Crippen LogP contribution is -2.13. The lowest BCUT2D eigenvalue weighted by Gasteiger charge is -2.14. The van der Waals surface area contributed by atoms with Gasteiger partial charge in [0, 0.05) is 27.6 Å². The lowest BCUT2D eigenvalue weighted by atomic mass is 9.91. The van der Waals surface area contributed by atoms with E-state index < -0.39 is 0 Å². The van der Waals surface area contributed by atoms with Crippen LogP contribution in [0.2, 0.25) is 0 Å². The summed E-state index contributed by atoms with van der Waals surface area (Å²) in [5.74, 6) is 0.273. The molecule has 6 nitrogen and oxygen atoms in total. The maximum atomic E-state index is 11.3. The number of nitriles is 1. The zero-order chi connectivity index (χ0) is 20.9. The molecule has 1 N–H and O–H groups in total. The molecule has 1 heterocycles. The number of fused-ring (bicyclic) bond motifs is 1. The molecule has 4 aromatic rings. The second kappa shape index (κ2) is 8.50. The number of para-hydroxylation sites is 1. The van der Waals surface area contributed by atoms with Gasteiger partial charge in [0.05, 0.1) is 17.6 Å². The van der Waals surface area contributed by atoms with Crippen LogP contribution in [0.3, 0.4) is 0 Å². The Morgan fingerprint density at radius 2 is 1.77 bits per heavy atom. The highest BCUT2D eigenvalue weighted by Crippen LogP contribution is 2.32. The van der Waals surface area contributed by atoms with E-state index in [-0.39, 0.29) is 24.0 Å². The zero-order valence-electron chi connectivity index (χ0n) is 16.1. The predicted octanol–water partition coefficient (Wildman–Crippen LogP) is 5.03. The summed E-state index contributed by atoms with van der Waals surface area (Å²) >= 11 is 0. The maximum absolute atomic E-state index is 11.3. The summed E-state index contributed by atoms with van der Waals surface area (Å²) in [5.41, 5.74) is 4.10. The van der Waals surface area contributed by atoms with Crippen LogP contribution in [0.25, 0.3) is 10.9 Å². The minimum Gasteiger partial charge on any atom is -0.489 e. The average Bonchev–Trinajstić information content (AvgIpc) is 3.20. The van der Waals surface area contributed by atoms with Crippen LogP contribution in [0.5, 0.6) is 5.75 Å². The summed E-state index contributed by atoms with van der Waals surface area (Å²) < 4.78 is 5.82. The number of nitrogens with zero attached hydrogens (tertiary/aromatic N) is 2. The molecule has 0 aliphatic rings. The molecule has 3 aromatic carbocycles. The maximum Gasteiger partial charge on any atom is 0.214 e. The van der Waals surface area contributed by atoms with Gasteiger partial charge in [-0.25, -0.2) is 0 Å². The Morgan fingerprint density at radius 3 is 2.53 bits per heavy atom. The fourth-order valence-electron chi connectivity index (χ4n) is 3.63. The first-order chi connectivity index (χ1) is 14.7. The molecule has 1 atom stereocenters. The van der Waals surface area contributed by atoms with Crippen LogP contribution in [0.15, 0.2) is 79.0 Å². The van der Waals surface area contributed by atoms with E-state index in [9.17, 15) is 15.4 Å². The fraction of sp³-hybridized carbons (Fsp3) is 0.125. The molecule has 0 radical (unpaired) electrons. The first-order valence-corrected chi connectivity index (χ1v) is 9.54. The van der Waals surface area contributed by atoms with Crippen molar-refractivity contribution >= 4 is 10.9 Å². The summed E-state index contributed by atoms with van der Waals surface area (Å²) in [5, 5.41) is 21.5. The van der Waals surface area contributed by atoms with Gasteiger partial charge in [-0.1, -0.05) is 48.5 Å². The van der Waals surface area contributed by atoms with Crippen molar-refractivity contribution in [2.45, 2.75) is 12.5 Å². The SMILES string of the molecule is N#Cc1ccccc1COc1ccc([C@H](C[N+](=O)[O-])c2c[nH]c3ccccc23)cc1. The summed E-state index contributed by atoms with van der Waals surface area (Å²) in [6, 6.07) is 24.6. The Labute approximate surface area is 173 Å². The summed E-state index contributed by atoms with van der Waals surface area (Å²) in [4.78, 5) is 14.3. The molecule has 0 aliphatic carbocycles. The van der Waals surface area contributed by atoms with Crippen LogP contribution in [0, 0.1) is 21.4 Å². The van der Waals surface area contributed by atoms with Crippen LogP contribution in [0.1, 0.15) is 28.2 Å². The van der Waals surface area contributed by atoms with E-state index in [0.29, 0.717) is 11.3 Å². The van der Waals surface area contributed by atoms with Gasteiger partial charge in [-0.2, -0.15) is 5.26 Å². The Kier molecular flexibility index (Phi) is 5.44. The predicted molar refractivity (Wildman–Crippen MR) is 114 cm³/mol. The van der Waals surface area contributed by atoms with Crippen LogP contribution < -0.4 is 4.74 Å². The molecule has 0 bridgehead atoms. The summed E-state index contributed by atoms with van der Waals surface area (Å²) in [6.07, 6.45) is 1.85. The average molecular weight is 397 g/mol. The number of aromatic nitrogens is 1. The van der Waals surface area contributed by atoms with Gasteiger partial charge in [0.25, 0.3) is 0 Å². The van der Waals surface area contributed by atoms with Crippen molar-refractivity contribution < 1.29 is 9.66 Å². The number of benzene rings is 3. The summed E-state index contributed by atoms with van der Waals surface area (Å²) in [7, 11) is 0. The number of H-pyrrole nitrogens is 1. The molecule has 0 saturated carbocycles. The van der Waals surface area contributed by atoms with Gasteiger partial charge < -0.3 is 9.72 Å². The van der Waals surface area contributed by atoms with Gasteiger partial charge >= 0.3 is 0 Å². The molecular formula is C24H19N3O3. The number of nitro groups is 1. The first-order valence-electron chi connectivity index (χ1n) is 9.54. The van der Waals surface area contributed by atoms with Crippen LogP contribution >= 0.6 is 0 Å². The van der Waals surface area contributed by atoms with Gasteiger partial charge in [-0.15, -0.1) is 0 Å². The molecule has 148 valence electrons. The largest absolute Gasteiger partial charge is 0.489 e. The third kappa shape index (κ3) is 4.01. The number of hydrogen-bond acceptors (Lipinski definition) is 4. The second-order valence-corrected chi connectivity index (χ2v) is 6.98. The minimum absolute atomic E-state index is 0.197. The highest BCUT2D eigenvalue weighted by molar-refractivity contribution is 5.84. The van der Waals surface area contributed by atoms with Crippen molar-refractivity contribution in [3.63, 3.8) is 0 Å². The normalized spacial score (nSPS) is 11.7. The van der Waals surface area contributed by atoms with E-state index in [1.807, 2.05) is 72.9 Å². The topological polar surface area (TPSA) is 91.9 Å². The van der Waals surface area contributed by atoms with E-state index in [1.165, 1.54) is 0 Å². The van der Waals surface area contributed by atoms with Gasteiger partial charge in [0.15, 0.2) is 0 Å². The Morgan fingerprint density at radius 1 is 1.03 bits per heavy atom. The van der Waals surface area contributed by atoms with Gasteiger partial charge in [0.1, 0.15) is 12.4 Å². The van der Waals surface area contributed by atoms with E-state index in [2.05, 4.69) is 11.1 Å². The third-order valence-electron chi connectivity index (χ3n) is 5.14. The number of nitrogens with one attached hydrogen (secondary N) is 1. The third-order valence-corrected chi connectivity index (χ3v) is 5.14. The van der Waals surface area contributed by atoms with Gasteiger partial charge in [-0.3, -0.25) is 10.1 Å². The Hall–Kier alpha value is -4.11. The molecule has 4 rings (SSSR count).